The second-order valence-electron chi connectivity index (χ2n) is 3.55. The molecule has 0 bridgehead atoms. The number of rotatable bonds is 5. The second-order valence-corrected chi connectivity index (χ2v) is 3.55. The molecule has 1 aromatic heterocycles. The first-order chi connectivity index (χ1) is 7.42. The molecular formula is C12H16N2O. The van der Waals surface area contributed by atoms with Crippen LogP contribution in [0.2, 0.25) is 0 Å². The van der Waals surface area contributed by atoms with Gasteiger partial charge in [0.2, 0.25) is 0 Å². The summed E-state index contributed by atoms with van der Waals surface area (Å²) >= 11 is 0. The Morgan fingerprint density at radius 1 is 1.27 bits per heavy atom. The summed E-state index contributed by atoms with van der Waals surface area (Å²) in [5, 5.41) is 1.24. The van der Waals surface area contributed by atoms with E-state index in [1.807, 2.05) is 18.3 Å². The first kappa shape index (κ1) is 10.2. The minimum atomic E-state index is 0.657. The van der Waals surface area contributed by atoms with E-state index in [-0.39, 0.29) is 0 Å². The van der Waals surface area contributed by atoms with Gasteiger partial charge in [-0.1, -0.05) is 18.2 Å². The van der Waals surface area contributed by atoms with Gasteiger partial charge >= 0.3 is 0 Å². The van der Waals surface area contributed by atoms with Crippen molar-refractivity contribution in [2.75, 3.05) is 13.2 Å². The molecule has 3 nitrogen and oxygen atoms in total. The van der Waals surface area contributed by atoms with Crippen molar-refractivity contribution in [2.45, 2.75) is 13.0 Å². The van der Waals surface area contributed by atoms with Crippen LogP contribution >= 0.6 is 0 Å². The number of aromatic nitrogens is 1. The molecule has 0 aliphatic carbocycles. The van der Waals surface area contributed by atoms with E-state index >= 15 is 0 Å². The highest BCUT2D eigenvalue weighted by molar-refractivity contribution is 5.82. The zero-order chi connectivity index (χ0) is 10.5. The Labute approximate surface area is 89.2 Å². The van der Waals surface area contributed by atoms with Gasteiger partial charge in [0.15, 0.2) is 0 Å². The molecule has 15 heavy (non-hydrogen) atoms. The summed E-state index contributed by atoms with van der Waals surface area (Å²) in [5.41, 5.74) is 7.77. The third-order valence-electron chi connectivity index (χ3n) is 2.43. The lowest BCUT2D eigenvalue weighted by Gasteiger charge is -2.01. The summed E-state index contributed by atoms with van der Waals surface area (Å²) in [4.78, 5) is 3.22. The highest BCUT2D eigenvalue weighted by Gasteiger charge is 2.01. The van der Waals surface area contributed by atoms with Crippen LogP contribution in [0.4, 0.5) is 0 Å². The van der Waals surface area contributed by atoms with Crippen molar-refractivity contribution in [3.05, 3.63) is 36.0 Å². The molecule has 0 saturated carbocycles. The van der Waals surface area contributed by atoms with Gasteiger partial charge in [-0.15, -0.1) is 0 Å². The van der Waals surface area contributed by atoms with E-state index in [1.165, 1.54) is 10.9 Å². The highest BCUT2D eigenvalue weighted by atomic mass is 16.5. The Morgan fingerprint density at radius 3 is 3.00 bits per heavy atom. The summed E-state index contributed by atoms with van der Waals surface area (Å²) in [6, 6.07) is 8.24. The lowest BCUT2D eigenvalue weighted by Crippen LogP contribution is -2.04. The second kappa shape index (κ2) is 4.96. The quantitative estimate of drug-likeness (QED) is 0.732. The molecule has 0 spiro atoms. The monoisotopic (exact) mass is 204 g/mol. The normalized spacial score (nSPS) is 11.0. The standard InChI is InChI=1S/C12H16N2O/c13-6-3-7-15-9-10-8-14-12-5-2-1-4-11(10)12/h1-2,4-5,8,14H,3,6-7,9,13H2. The number of fused-ring (bicyclic) bond motifs is 1. The maximum Gasteiger partial charge on any atom is 0.0737 e. The molecule has 0 saturated heterocycles. The van der Waals surface area contributed by atoms with E-state index < -0.39 is 0 Å². The van der Waals surface area contributed by atoms with E-state index in [2.05, 4.69) is 17.1 Å². The fraction of sp³-hybridized carbons (Fsp3) is 0.333. The summed E-state index contributed by atoms with van der Waals surface area (Å²) in [7, 11) is 0. The van der Waals surface area contributed by atoms with E-state index in [9.17, 15) is 0 Å². The predicted octanol–water partition coefficient (Wildman–Crippen LogP) is 2.03. The molecule has 0 radical (unpaired) electrons. The molecule has 1 aromatic carbocycles. The molecule has 2 rings (SSSR count). The first-order valence-electron chi connectivity index (χ1n) is 5.24. The summed E-state index contributed by atoms with van der Waals surface area (Å²) in [5.74, 6) is 0. The molecule has 0 aliphatic rings. The van der Waals surface area contributed by atoms with Gasteiger partial charge in [-0.25, -0.2) is 0 Å². The Balaban J connectivity index is 2.02. The topological polar surface area (TPSA) is 51.0 Å². The maximum atomic E-state index is 5.53. The maximum absolute atomic E-state index is 5.53. The molecule has 2 aromatic rings. The Hall–Kier alpha value is -1.32. The summed E-state index contributed by atoms with van der Waals surface area (Å²) < 4.78 is 5.53. The minimum Gasteiger partial charge on any atom is -0.377 e. The van der Waals surface area contributed by atoms with Crippen molar-refractivity contribution in [3.63, 3.8) is 0 Å². The number of ether oxygens (including phenoxy) is 1. The molecular weight excluding hydrogens is 188 g/mol. The van der Waals surface area contributed by atoms with Crippen molar-refractivity contribution < 1.29 is 4.74 Å². The fourth-order valence-corrected chi connectivity index (χ4v) is 1.62. The molecule has 0 fully saturated rings. The van der Waals surface area contributed by atoms with Crippen molar-refractivity contribution in [2.24, 2.45) is 5.73 Å². The van der Waals surface area contributed by atoms with Crippen LogP contribution < -0.4 is 5.73 Å². The van der Waals surface area contributed by atoms with Gasteiger partial charge in [0, 0.05) is 29.3 Å². The lowest BCUT2D eigenvalue weighted by atomic mass is 10.2. The van der Waals surface area contributed by atoms with E-state index in [4.69, 9.17) is 10.5 Å². The van der Waals surface area contributed by atoms with Crippen molar-refractivity contribution >= 4 is 10.9 Å². The number of benzene rings is 1. The number of hydrogen-bond acceptors (Lipinski definition) is 2. The van der Waals surface area contributed by atoms with Gasteiger partial charge in [0.1, 0.15) is 0 Å². The SMILES string of the molecule is NCCCOCc1c[nH]c2ccccc12. The Kier molecular flexibility index (Phi) is 3.37. The van der Waals surface area contributed by atoms with Crippen molar-refractivity contribution in [1.29, 1.82) is 0 Å². The molecule has 0 unspecified atom stereocenters. The van der Waals surface area contributed by atoms with E-state index in [1.54, 1.807) is 0 Å². The fourth-order valence-electron chi connectivity index (χ4n) is 1.62. The van der Waals surface area contributed by atoms with Gasteiger partial charge in [0.05, 0.1) is 6.61 Å². The van der Waals surface area contributed by atoms with Gasteiger partial charge in [-0.2, -0.15) is 0 Å². The summed E-state index contributed by atoms with van der Waals surface area (Å²) in [6.07, 6.45) is 2.93. The van der Waals surface area contributed by atoms with Crippen LogP contribution in [-0.4, -0.2) is 18.1 Å². The van der Waals surface area contributed by atoms with E-state index in [0.29, 0.717) is 13.2 Å². The molecule has 0 aliphatic heterocycles. The smallest absolute Gasteiger partial charge is 0.0737 e. The minimum absolute atomic E-state index is 0.657. The van der Waals surface area contributed by atoms with Crippen LogP contribution in [0, 0.1) is 0 Å². The van der Waals surface area contributed by atoms with Crippen LogP contribution in [-0.2, 0) is 11.3 Å². The molecule has 0 amide bonds. The van der Waals surface area contributed by atoms with Gasteiger partial charge in [0.25, 0.3) is 0 Å². The van der Waals surface area contributed by atoms with Crippen LogP contribution in [0.25, 0.3) is 10.9 Å². The number of aromatic amines is 1. The van der Waals surface area contributed by atoms with Crippen LogP contribution in [0.5, 0.6) is 0 Å². The Morgan fingerprint density at radius 2 is 2.13 bits per heavy atom. The zero-order valence-electron chi connectivity index (χ0n) is 8.70. The number of H-pyrrole nitrogens is 1. The third-order valence-corrected chi connectivity index (χ3v) is 2.43. The number of para-hydroxylation sites is 1. The predicted molar refractivity (Wildman–Crippen MR) is 61.6 cm³/mol. The number of hydrogen-bond donors (Lipinski definition) is 2. The van der Waals surface area contributed by atoms with E-state index in [0.717, 1.165) is 18.5 Å². The molecule has 3 heteroatoms. The zero-order valence-corrected chi connectivity index (χ0v) is 8.70. The first-order valence-corrected chi connectivity index (χ1v) is 5.24. The van der Waals surface area contributed by atoms with Crippen LogP contribution in [0.1, 0.15) is 12.0 Å². The number of nitrogens with two attached hydrogens (primary N) is 1. The van der Waals surface area contributed by atoms with Crippen LogP contribution in [0.3, 0.4) is 0 Å². The Bertz CT molecular complexity index is 422. The van der Waals surface area contributed by atoms with Gasteiger partial charge < -0.3 is 15.5 Å². The average Bonchev–Trinajstić information content (AvgIpc) is 2.68. The van der Waals surface area contributed by atoms with Gasteiger partial charge in [-0.3, -0.25) is 0 Å². The molecule has 3 N–H and O–H groups in total. The van der Waals surface area contributed by atoms with Crippen molar-refractivity contribution in [3.8, 4) is 0 Å². The summed E-state index contributed by atoms with van der Waals surface area (Å²) in [6.45, 7) is 2.08. The molecule has 1 heterocycles. The molecule has 80 valence electrons. The largest absolute Gasteiger partial charge is 0.377 e. The van der Waals surface area contributed by atoms with Crippen LogP contribution in [0.15, 0.2) is 30.5 Å². The molecule has 0 atom stereocenters. The number of nitrogens with one attached hydrogen (secondary N) is 1. The average molecular weight is 204 g/mol. The lowest BCUT2D eigenvalue weighted by molar-refractivity contribution is 0.121. The van der Waals surface area contributed by atoms with Gasteiger partial charge in [-0.05, 0) is 19.0 Å². The highest BCUT2D eigenvalue weighted by Crippen LogP contribution is 2.18. The van der Waals surface area contributed by atoms with Crippen molar-refractivity contribution in [1.82, 2.24) is 4.98 Å². The third kappa shape index (κ3) is 2.37.